The highest BCUT2D eigenvalue weighted by atomic mass is 16.5. The lowest BCUT2D eigenvalue weighted by Crippen LogP contribution is -2.24. The second-order valence-corrected chi connectivity index (χ2v) is 5.83. The summed E-state index contributed by atoms with van der Waals surface area (Å²) in [4.78, 5) is 0. The number of ether oxygens (including phenoxy) is 2. The molecule has 3 nitrogen and oxygen atoms in total. The first-order chi connectivity index (χ1) is 8.61. The summed E-state index contributed by atoms with van der Waals surface area (Å²) in [7, 11) is 0. The fraction of sp³-hybridized carbons (Fsp3) is 0.600. The van der Waals surface area contributed by atoms with Crippen LogP contribution in [-0.2, 0) is 6.42 Å². The topological polar surface area (TPSA) is 30.5 Å². The minimum Gasteiger partial charge on any atom is -0.487 e. The Balaban J connectivity index is 1.91. The molecule has 0 amide bonds. The van der Waals surface area contributed by atoms with E-state index >= 15 is 0 Å². The maximum atomic E-state index is 6.04. The summed E-state index contributed by atoms with van der Waals surface area (Å²) >= 11 is 0. The van der Waals surface area contributed by atoms with Crippen LogP contribution in [0.4, 0.5) is 0 Å². The van der Waals surface area contributed by atoms with Gasteiger partial charge in [-0.25, -0.2) is 0 Å². The van der Waals surface area contributed by atoms with Gasteiger partial charge in [0.25, 0.3) is 0 Å². The summed E-state index contributed by atoms with van der Waals surface area (Å²) < 4.78 is 11.9. The summed E-state index contributed by atoms with van der Waals surface area (Å²) in [6.07, 6.45) is 2.10. The number of rotatable bonds is 3. The van der Waals surface area contributed by atoms with E-state index in [1.54, 1.807) is 0 Å². The van der Waals surface area contributed by atoms with Crippen LogP contribution in [0.25, 0.3) is 0 Å². The Bertz CT molecular complexity index is 468. The minimum atomic E-state index is -0.101. The molecular formula is C15H21NO2. The van der Waals surface area contributed by atoms with Gasteiger partial charge in [0.1, 0.15) is 12.2 Å². The third-order valence-corrected chi connectivity index (χ3v) is 3.63. The SMILES string of the molecule is CCCNC1COc2c1ccc1c2OC(C)(C)C1. The lowest BCUT2D eigenvalue weighted by atomic mass is 9.99. The highest BCUT2D eigenvalue weighted by Crippen LogP contribution is 2.48. The molecule has 1 N–H and O–H groups in total. The molecule has 0 saturated heterocycles. The van der Waals surface area contributed by atoms with Crippen LogP contribution in [0.2, 0.25) is 0 Å². The van der Waals surface area contributed by atoms with Crippen molar-refractivity contribution in [3.63, 3.8) is 0 Å². The summed E-state index contributed by atoms with van der Waals surface area (Å²) in [5.74, 6) is 1.94. The largest absolute Gasteiger partial charge is 0.487 e. The molecule has 3 heteroatoms. The van der Waals surface area contributed by atoms with Crippen molar-refractivity contribution in [1.82, 2.24) is 5.32 Å². The van der Waals surface area contributed by atoms with Crippen LogP contribution < -0.4 is 14.8 Å². The molecular weight excluding hydrogens is 226 g/mol. The highest BCUT2D eigenvalue weighted by Gasteiger charge is 2.36. The van der Waals surface area contributed by atoms with Gasteiger partial charge in [-0.3, -0.25) is 0 Å². The molecule has 0 spiro atoms. The third-order valence-electron chi connectivity index (χ3n) is 3.63. The van der Waals surface area contributed by atoms with E-state index in [2.05, 4.69) is 38.2 Å². The van der Waals surface area contributed by atoms with Crippen molar-refractivity contribution in [2.24, 2.45) is 0 Å². The number of hydrogen-bond acceptors (Lipinski definition) is 3. The quantitative estimate of drug-likeness (QED) is 0.891. The number of benzene rings is 1. The fourth-order valence-corrected chi connectivity index (χ4v) is 2.81. The van der Waals surface area contributed by atoms with Crippen LogP contribution in [0.1, 0.15) is 44.4 Å². The molecule has 0 bridgehead atoms. The van der Waals surface area contributed by atoms with E-state index in [1.807, 2.05) is 0 Å². The zero-order chi connectivity index (χ0) is 12.8. The molecule has 0 aliphatic carbocycles. The smallest absolute Gasteiger partial charge is 0.166 e. The Morgan fingerprint density at radius 1 is 1.33 bits per heavy atom. The van der Waals surface area contributed by atoms with Crippen molar-refractivity contribution in [1.29, 1.82) is 0 Å². The first kappa shape index (κ1) is 11.8. The van der Waals surface area contributed by atoms with Gasteiger partial charge in [-0.05, 0) is 26.8 Å². The van der Waals surface area contributed by atoms with Crippen molar-refractivity contribution in [2.75, 3.05) is 13.2 Å². The first-order valence-electron chi connectivity index (χ1n) is 6.82. The van der Waals surface area contributed by atoms with Crippen LogP contribution in [0.15, 0.2) is 12.1 Å². The standard InChI is InChI=1S/C15H21NO2/c1-4-7-16-12-9-17-14-11(12)6-5-10-8-15(2,3)18-13(10)14/h5-6,12,16H,4,7-9H2,1-3H3. The Morgan fingerprint density at radius 3 is 2.94 bits per heavy atom. The highest BCUT2D eigenvalue weighted by molar-refractivity contribution is 5.57. The molecule has 1 aromatic rings. The predicted octanol–water partition coefficient (Wildman–Crippen LogP) is 2.83. The van der Waals surface area contributed by atoms with Gasteiger partial charge in [-0.15, -0.1) is 0 Å². The Hall–Kier alpha value is -1.22. The number of nitrogens with one attached hydrogen (secondary N) is 1. The third kappa shape index (κ3) is 1.87. The molecule has 1 unspecified atom stereocenters. The second-order valence-electron chi connectivity index (χ2n) is 5.83. The van der Waals surface area contributed by atoms with Gasteiger partial charge in [0.15, 0.2) is 11.5 Å². The van der Waals surface area contributed by atoms with Crippen molar-refractivity contribution < 1.29 is 9.47 Å². The summed E-state index contributed by atoms with van der Waals surface area (Å²) in [5.41, 5.74) is 2.42. The van der Waals surface area contributed by atoms with E-state index in [-0.39, 0.29) is 5.60 Å². The van der Waals surface area contributed by atoms with Crippen LogP contribution in [0.5, 0.6) is 11.5 Å². The summed E-state index contributed by atoms with van der Waals surface area (Å²) in [5, 5.41) is 3.52. The van der Waals surface area contributed by atoms with E-state index in [9.17, 15) is 0 Å². The van der Waals surface area contributed by atoms with E-state index in [1.165, 1.54) is 11.1 Å². The molecule has 0 saturated carbocycles. The average molecular weight is 247 g/mol. The molecule has 2 aliphatic heterocycles. The first-order valence-corrected chi connectivity index (χ1v) is 6.82. The molecule has 3 rings (SSSR count). The molecule has 1 aromatic carbocycles. The van der Waals surface area contributed by atoms with Crippen LogP contribution in [-0.4, -0.2) is 18.8 Å². The zero-order valence-corrected chi connectivity index (χ0v) is 11.4. The molecule has 18 heavy (non-hydrogen) atoms. The van der Waals surface area contributed by atoms with Crippen molar-refractivity contribution in [3.8, 4) is 11.5 Å². The lowest BCUT2D eigenvalue weighted by molar-refractivity contribution is 0.133. The Kier molecular flexibility index (Phi) is 2.74. The zero-order valence-electron chi connectivity index (χ0n) is 11.4. The molecule has 0 radical (unpaired) electrons. The Labute approximate surface area is 108 Å². The molecule has 2 heterocycles. The van der Waals surface area contributed by atoms with Crippen molar-refractivity contribution in [2.45, 2.75) is 45.3 Å². The molecule has 98 valence electrons. The number of fused-ring (bicyclic) bond motifs is 3. The molecule has 0 fully saturated rings. The van der Waals surface area contributed by atoms with Crippen LogP contribution in [0.3, 0.4) is 0 Å². The molecule has 0 aromatic heterocycles. The summed E-state index contributed by atoms with van der Waals surface area (Å²) in [6, 6.07) is 4.70. The second kappa shape index (κ2) is 4.16. The predicted molar refractivity (Wildman–Crippen MR) is 71.4 cm³/mol. The van der Waals surface area contributed by atoms with E-state index < -0.39 is 0 Å². The molecule has 1 atom stereocenters. The van der Waals surface area contributed by atoms with E-state index in [0.717, 1.165) is 37.5 Å². The lowest BCUT2D eigenvalue weighted by Gasteiger charge is -2.17. The van der Waals surface area contributed by atoms with Gasteiger partial charge in [-0.2, -0.15) is 0 Å². The minimum absolute atomic E-state index is 0.101. The maximum Gasteiger partial charge on any atom is 0.166 e. The average Bonchev–Trinajstić information content (AvgIpc) is 2.85. The Morgan fingerprint density at radius 2 is 2.17 bits per heavy atom. The fourth-order valence-electron chi connectivity index (χ4n) is 2.81. The van der Waals surface area contributed by atoms with Crippen LogP contribution in [0, 0.1) is 0 Å². The van der Waals surface area contributed by atoms with E-state index in [4.69, 9.17) is 9.47 Å². The van der Waals surface area contributed by atoms with Crippen molar-refractivity contribution in [3.05, 3.63) is 23.3 Å². The van der Waals surface area contributed by atoms with Gasteiger partial charge in [0, 0.05) is 17.5 Å². The van der Waals surface area contributed by atoms with Gasteiger partial charge >= 0.3 is 0 Å². The maximum absolute atomic E-state index is 6.04. The van der Waals surface area contributed by atoms with Crippen molar-refractivity contribution >= 4 is 0 Å². The normalized spacial score (nSPS) is 23.2. The van der Waals surface area contributed by atoms with E-state index in [0.29, 0.717) is 6.04 Å². The molecule has 2 aliphatic rings. The summed E-state index contributed by atoms with van der Waals surface area (Å²) in [6.45, 7) is 8.17. The van der Waals surface area contributed by atoms with Gasteiger partial charge < -0.3 is 14.8 Å². The number of hydrogen-bond donors (Lipinski definition) is 1. The van der Waals surface area contributed by atoms with Gasteiger partial charge in [0.05, 0.1) is 6.04 Å². The van der Waals surface area contributed by atoms with Gasteiger partial charge in [-0.1, -0.05) is 19.1 Å². The monoisotopic (exact) mass is 247 g/mol. The van der Waals surface area contributed by atoms with Gasteiger partial charge in [0.2, 0.25) is 0 Å². The van der Waals surface area contributed by atoms with Crippen LogP contribution >= 0.6 is 0 Å².